The van der Waals surface area contributed by atoms with E-state index in [9.17, 15) is 8.42 Å². The van der Waals surface area contributed by atoms with E-state index in [4.69, 9.17) is 9.47 Å². The second-order valence-corrected chi connectivity index (χ2v) is 7.08. The third-order valence-electron chi connectivity index (χ3n) is 3.14. The largest absolute Gasteiger partial charge is 0.486 e. The molecule has 0 aromatic heterocycles. The monoisotopic (exact) mass is 299 g/mol. The highest BCUT2D eigenvalue weighted by molar-refractivity contribution is 7.89. The van der Waals surface area contributed by atoms with E-state index in [1.807, 2.05) is 0 Å². The van der Waals surface area contributed by atoms with Gasteiger partial charge in [0, 0.05) is 12.6 Å². The van der Waals surface area contributed by atoms with Gasteiger partial charge in [0.1, 0.15) is 13.2 Å². The van der Waals surface area contributed by atoms with Crippen LogP contribution in [0.1, 0.15) is 25.8 Å². The summed E-state index contributed by atoms with van der Waals surface area (Å²) in [4.78, 5) is 0.255. The first-order valence-corrected chi connectivity index (χ1v) is 8.28. The molecule has 1 aromatic rings. The van der Waals surface area contributed by atoms with Crippen LogP contribution >= 0.6 is 0 Å². The van der Waals surface area contributed by atoms with E-state index in [0.29, 0.717) is 42.7 Å². The Morgan fingerprint density at radius 3 is 2.40 bits per heavy atom. The average Bonchev–Trinajstić information content (AvgIpc) is 2.37. The number of fused-ring (bicyclic) bond motifs is 1. The Bertz CT molecular complexity index is 581. The summed E-state index contributed by atoms with van der Waals surface area (Å²) >= 11 is 0. The van der Waals surface area contributed by atoms with E-state index >= 15 is 0 Å². The van der Waals surface area contributed by atoms with Crippen LogP contribution in [0.2, 0.25) is 0 Å². The molecule has 0 spiro atoms. The van der Waals surface area contributed by atoms with Crippen LogP contribution in [0.3, 0.4) is 0 Å². The molecule has 1 aromatic carbocycles. The van der Waals surface area contributed by atoms with Crippen LogP contribution in [0.15, 0.2) is 17.0 Å². The number of hydrogen-bond acceptors (Lipinski definition) is 4. The summed E-state index contributed by atoms with van der Waals surface area (Å²) in [5.74, 6) is 1.56. The standard InChI is InChI=1S/C14H21NO4S/c1-10(2)4-5-15-20(16,17)14-9-13-12(8-11(14)3)18-6-7-19-13/h8-10,15H,4-7H2,1-3H3. The van der Waals surface area contributed by atoms with E-state index in [1.165, 1.54) is 0 Å². The molecule has 0 unspecified atom stereocenters. The van der Waals surface area contributed by atoms with Crippen molar-refractivity contribution in [2.24, 2.45) is 5.92 Å². The van der Waals surface area contributed by atoms with E-state index in [0.717, 1.165) is 6.42 Å². The maximum atomic E-state index is 12.3. The third kappa shape index (κ3) is 3.43. The molecule has 0 fully saturated rings. The summed E-state index contributed by atoms with van der Waals surface area (Å²) < 4.78 is 38.1. The summed E-state index contributed by atoms with van der Waals surface area (Å²) in [6, 6.07) is 3.26. The molecule has 5 nitrogen and oxygen atoms in total. The molecular formula is C14H21NO4S. The first-order valence-electron chi connectivity index (χ1n) is 6.80. The van der Waals surface area contributed by atoms with E-state index < -0.39 is 10.0 Å². The van der Waals surface area contributed by atoms with Crippen molar-refractivity contribution in [3.05, 3.63) is 17.7 Å². The molecule has 0 saturated heterocycles. The van der Waals surface area contributed by atoms with Crippen LogP contribution in [-0.4, -0.2) is 28.2 Å². The lowest BCUT2D eigenvalue weighted by Crippen LogP contribution is -2.26. The lowest BCUT2D eigenvalue weighted by molar-refractivity contribution is 0.171. The second kappa shape index (κ2) is 6.01. The summed E-state index contributed by atoms with van der Waals surface area (Å²) in [5, 5.41) is 0. The van der Waals surface area contributed by atoms with Crippen LogP contribution in [0.25, 0.3) is 0 Å². The number of aryl methyl sites for hydroxylation is 1. The predicted molar refractivity (Wildman–Crippen MR) is 76.8 cm³/mol. The fourth-order valence-corrected chi connectivity index (χ4v) is 3.31. The molecule has 0 saturated carbocycles. The average molecular weight is 299 g/mol. The molecule has 1 aliphatic rings. The summed E-state index contributed by atoms with van der Waals surface area (Å²) in [6.07, 6.45) is 0.808. The highest BCUT2D eigenvalue weighted by atomic mass is 32.2. The predicted octanol–water partition coefficient (Wildman–Crippen LogP) is 2.09. The number of nitrogens with one attached hydrogen (secondary N) is 1. The quantitative estimate of drug-likeness (QED) is 0.904. The highest BCUT2D eigenvalue weighted by Crippen LogP contribution is 2.34. The van der Waals surface area contributed by atoms with Crippen molar-refractivity contribution in [1.29, 1.82) is 0 Å². The zero-order valence-corrected chi connectivity index (χ0v) is 12.9. The minimum absolute atomic E-state index is 0.255. The lowest BCUT2D eigenvalue weighted by atomic mass is 10.1. The maximum absolute atomic E-state index is 12.3. The van der Waals surface area contributed by atoms with Crippen molar-refractivity contribution in [2.75, 3.05) is 19.8 Å². The minimum Gasteiger partial charge on any atom is -0.486 e. The SMILES string of the molecule is Cc1cc2c(cc1S(=O)(=O)NCCC(C)C)OCCO2. The van der Waals surface area contributed by atoms with Gasteiger partial charge in [-0.05, 0) is 30.9 Å². The molecule has 1 heterocycles. The Morgan fingerprint density at radius 1 is 1.20 bits per heavy atom. The van der Waals surface area contributed by atoms with E-state index in [2.05, 4.69) is 18.6 Å². The van der Waals surface area contributed by atoms with Crippen molar-refractivity contribution in [3.63, 3.8) is 0 Å². The van der Waals surface area contributed by atoms with Crippen molar-refractivity contribution in [2.45, 2.75) is 32.1 Å². The Balaban J connectivity index is 2.22. The number of hydrogen-bond donors (Lipinski definition) is 1. The van der Waals surface area contributed by atoms with Crippen LogP contribution in [0.4, 0.5) is 0 Å². The lowest BCUT2D eigenvalue weighted by Gasteiger charge is -2.20. The van der Waals surface area contributed by atoms with Crippen LogP contribution in [-0.2, 0) is 10.0 Å². The van der Waals surface area contributed by atoms with Crippen LogP contribution in [0.5, 0.6) is 11.5 Å². The Labute approximate surface area is 120 Å². The first kappa shape index (κ1) is 15.1. The van der Waals surface area contributed by atoms with Crippen LogP contribution in [0, 0.1) is 12.8 Å². The zero-order valence-electron chi connectivity index (χ0n) is 12.1. The normalized spacial score (nSPS) is 14.6. The van der Waals surface area contributed by atoms with Crippen molar-refractivity contribution in [1.82, 2.24) is 4.72 Å². The van der Waals surface area contributed by atoms with Gasteiger partial charge >= 0.3 is 0 Å². The first-order chi connectivity index (χ1) is 9.40. The molecule has 0 amide bonds. The van der Waals surface area contributed by atoms with Gasteiger partial charge < -0.3 is 9.47 Å². The molecule has 6 heteroatoms. The molecule has 0 bridgehead atoms. The number of rotatable bonds is 5. The van der Waals surface area contributed by atoms with Gasteiger partial charge in [-0.25, -0.2) is 13.1 Å². The zero-order chi connectivity index (χ0) is 14.8. The minimum atomic E-state index is -3.51. The fourth-order valence-electron chi connectivity index (χ4n) is 2.02. The second-order valence-electron chi connectivity index (χ2n) is 5.34. The Morgan fingerprint density at radius 2 is 1.80 bits per heavy atom. The van der Waals surface area contributed by atoms with E-state index in [1.54, 1.807) is 19.1 Å². The van der Waals surface area contributed by atoms with Gasteiger partial charge in [0.15, 0.2) is 11.5 Å². The van der Waals surface area contributed by atoms with Crippen molar-refractivity contribution < 1.29 is 17.9 Å². The Hall–Kier alpha value is -1.27. The van der Waals surface area contributed by atoms with Crippen molar-refractivity contribution in [3.8, 4) is 11.5 Å². The molecule has 1 N–H and O–H groups in total. The summed E-state index contributed by atoms with van der Waals surface area (Å²) in [7, 11) is -3.51. The number of ether oxygens (including phenoxy) is 2. The molecule has 112 valence electrons. The van der Waals surface area contributed by atoms with E-state index in [-0.39, 0.29) is 4.90 Å². The molecular weight excluding hydrogens is 278 g/mol. The molecule has 0 radical (unpaired) electrons. The molecule has 0 atom stereocenters. The van der Waals surface area contributed by atoms with Gasteiger partial charge in [-0.15, -0.1) is 0 Å². The summed E-state index contributed by atoms with van der Waals surface area (Å²) in [6.45, 7) is 7.25. The van der Waals surface area contributed by atoms with Gasteiger partial charge in [0.05, 0.1) is 4.90 Å². The Kier molecular flexibility index (Phi) is 4.55. The topological polar surface area (TPSA) is 64.6 Å². The smallest absolute Gasteiger partial charge is 0.240 e. The van der Waals surface area contributed by atoms with Gasteiger partial charge in [-0.2, -0.15) is 0 Å². The van der Waals surface area contributed by atoms with Gasteiger partial charge in [0.2, 0.25) is 10.0 Å². The van der Waals surface area contributed by atoms with Gasteiger partial charge in [-0.3, -0.25) is 0 Å². The molecule has 1 aliphatic heterocycles. The fraction of sp³-hybridized carbons (Fsp3) is 0.571. The van der Waals surface area contributed by atoms with Gasteiger partial charge in [0.25, 0.3) is 0 Å². The summed E-state index contributed by atoms with van der Waals surface area (Å²) in [5.41, 5.74) is 0.659. The third-order valence-corrected chi connectivity index (χ3v) is 4.75. The molecule has 20 heavy (non-hydrogen) atoms. The molecule has 2 rings (SSSR count). The highest BCUT2D eigenvalue weighted by Gasteiger charge is 2.21. The van der Waals surface area contributed by atoms with Crippen molar-refractivity contribution >= 4 is 10.0 Å². The van der Waals surface area contributed by atoms with Crippen LogP contribution < -0.4 is 14.2 Å². The number of sulfonamides is 1. The van der Waals surface area contributed by atoms with Gasteiger partial charge in [-0.1, -0.05) is 13.8 Å². The maximum Gasteiger partial charge on any atom is 0.240 e. The number of benzene rings is 1. The molecule has 0 aliphatic carbocycles.